The van der Waals surface area contributed by atoms with Crippen molar-refractivity contribution in [2.24, 2.45) is 0 Å². The van der Waals surface area contributed by atoms with Crippen molar-refractivity contribution in [2.45, 2.75) is 13.3 Å². The highest BCUT2D eigenvalue weighted by Crippen LogP contribution is 2.40. The second-order valence-corrected chi connectivity index (χ2v) is 6.98. The van der Waals surface area contributed by atoms with E-state index in [9.17, 15) is 0 Å². The molecule has 166 valence electrons. The maximum atomic E-state index is 5.46. The number of hydrogen-bond acceptors (Lipinski definition) is 8. The molecule has 2 aromatic heterocycles. The zero-order valence-corrected chi connectivity index (χ0v) is 18.5. The largest absolute Gasteiger partial charge is 0.493 e. The first-order valence-corrected chi connectivity index (χ1v) is 10.3. The number of benzene rings is 2. The Bertz CT molecular complexity index is 1180. The van der Waals surface area contributed by atoms with Gasteiger partial charge >= 0.3 is 0 Å². The summed E-state index contributed by atoms with van der Waals surface area (Å²) < 4.78 is 18.3. The van der Waals surface area contributed by atoms with Gasteiger partial charge in [0.1, 0.15) is 6.33 Å². The van der Waals surface area contributed by atoms with E-state index in [1.54, 1.807) is 27.7 Å². The molecule has 32 heavy (non-hydrogen) atoms. The summed E-state index contributed by atoms with van der Waals surface area (Å²) >= 11 is 0. The lowest BCUT2D eigenvalue weighted by atomic mass is 10.2. The van der Waals surface area contributed by atoms with Gasteiger partial charge in [0.2, 0.25) is 11.7 Å². The van der Waals surface area contributed by atoms with Gasteiger partial charge in [-0.1, -0.05) is 25.1 Å². The van der Waals surface area contributed by atoms with E-state index in [-0.39, 0.29) is 0 Å². The first kappa shape index (κ1) is 21.2. The fourth-order valence-electron chi connectivity index (χ4n) is 3.38. The first-order chi connectivity index (χ1) is 15.7. The highest BCUT2D eigenvalue weighted by molar-refractivity contribution is 5.86. The molecule has 2 heterocycles. The molecular weight excluding hydrogens is 408 g/mol. The van der Waals surface area contributed by atoms with Crippen molar-refractivity contribution in [1.82, 2.24) is 19.5 Å². The molecule has 0 aliphatic heterocycles. The molecule has 0 fully saturated rings. The monoisotopic (exact) mass is 434 g/mol. The van der Waals surface area contributed by atoms with E-state index in [2.05, 4.69) is 27.5 Å². The minimum Gasteiger partial charge on any atom is -0.493 e. The molecule has 4 aromatic rings. The summed E-state index contributed by atoms with van der Waals surface area (Å²) in [5.74, 6) is 2.68. The van der Waals surface area contributed by atoms with Gasteiger partial charge in [-0.3, -0.25) is 4.57 Å². The third kappa shape index (κ3) is 4.09. The van der Waals surface area contributed by atoms with Crippen LogP contribution >= 0.6 is 0 Å². The van der Waals surface area contributed by atoms with Gasteiger partial charge in [0, 0.05) is 30.1 Å². The molecule has 9 heteroatoms. The Labute approximate surface area is 186 Å². The zero-order valence-electron chi connectivity index (χ0n) is 18.5. The molecule has 0 bridgehead atoms. The van der Waals surface area contributed by atoms with Crippen LogP contribution in [0.25, 0.3) is 16.9 Å². The molecular formula is C23H26N6O3. The Morgan fingerprint density at radius 1 is 0.938 bits per heavy atom. The minimum absolute atomic E-state index is 0.419. The Balaban J connectivity index is 1.80. The SMILES string of the molecule is CCCNc1nc(Nc2cc(OC)c(OC)c(OC)c2)nc2c1ncn2-c1ccccc1. The maximum absolute atomic E-state index is 5.46. The number of methoxy groups -OCH3 is 3. The molecule has 0 radical (unpaired) electrons. The van der Waals surface area contributed by atoms with Crippen molar-refractivity contribution in [3.05, 3.63) is 48.8 Å². The van der Waals surface area contributed by atoms with Crippen LogP contribution < -0.4 is 24.8 Å². The van der Waals surface area contributed by atoms with E-state index < -0.39 is 0 Å². The summed E-state index contributed by atoms with van der Waals surface area (Å²) in [6, 6.07) is 13.6. The Morgan fingerprint density at radius 2 is 1.66 bits per heavy atom. The number of nitrogens with one attached hydrogen (secondary N) is 2. The van der Waals surface area contributed by atoms with Crippen LogP contribution in [0.4, 0.5) is 17.5 Å². The predicted molar refractivity (Wildman–Crippen MR) is 125 cm³/mol. The second-order valence-electron chi connectivity index (χ2n) is 6.98. The number of para-hydroxylation sites is 1. The van der Waals surface area contributed by atoms with E-state index in [4.69, 9.17) is 19.2 Å². The van der Waals surface area contributed by atoms with E-state index in [1.807, 2.05) is 47.0 Å². The molecule has 2 aromatic carbocycles. The van der Waals surface area contributed by atoms with Crippen LogP contribution in [0.2, 0.25) is 0 Å². The zero-order chi connectivity index (χ0) is 22.5. The van der Waals surface area contributed by atoms with Gasteiger partial charge in [-0.15, -0.1) is 0 Å². The van der Waals surface area contributed by atoms with Gasteiger partial charge in [0.15, 0.2) is 28.5 Å². The number of anilines is 3. The topological polar surface area (TPSA) is 95.4 Å². The molecule has 0 atom stereocenters. The van der Waals surface area contributed by atoms with Crippen LogP contribution in [0.5, 0.6) is 17.2 Å². The minimum atomic E-state index is 0.419. The molecule has 0 saturated carbocycles. The van der Waals surface area contributed by atoms with E-state index in [1.165, 1.54) is 0 Å². The lowest BCUT2D eigenvalue weighted by molar-refractivity contribution is 0.324. The maximum Gasteiger partial charge on any atom is 0.231 e. The summed E-state index contributed by atoms with van der Waals surface area (Å²) in [6.45, 7) is 2.87. The van der Waals surface area contributed by atoms with Crippen molar-refractivity contribution in [2.75, 3.05) is 38.5 Å². The third-order valence-corrected chi connectivity index (χ3v) is 4.89. The van der Waals surface area contributed by atoms with E-state index in [0.717, 1.165) is 18.7 Å². The normalized spacial score (nSPS) is 10.8. The number of hydrogen-bond donors (Lipinski definition) is 2. The molecule has 0 aliphatic rings. The molecule has 0 spiro atoms. The summed E-state index contributed by atoms with van der Waals surface area (Å²) in [4.78, 5) is 14.0. The summed E-state index contributed by atoms with van der Waals surface area (Å²) in [7, 11) is 4.73. The quantitative estimate of drug-likeness (QED) is 0.400. The predicted octanol–water partition coefficient (Wildman–Crippen LogP) is 4.41. The lowest BCUT2D eigenvalue weighted by Crippen LogP contribution is -2.07. The van der Waals surface area contributed by atoms with Crippen molar-refractivity contribution in [3.63, 3.8) is 0 Å². The van der Waals surface area contributed by atoms with Crippen LogP contribution in [0, 0.1) is 0 Å². The third-order valence-electron chi connectivity index (χ3n) is 4.89. The molecule has 0 aliphatic carbocycles. The van der Waals surface area contributed by atoms with E-state index in [0.29, 0.717) is 45.9 Å². The number of nitrogens with zero attached hydrogens (tertiary/aromatic N) is 4. The molecule has 0 amide bonds. The van der Waals surface area contributed by atoms with Gasteiger partial charge in [-0.05, 0) is 18.6 Å². The van der Waals surface area contributed by atoms with Gasteiger partial charge < -0.3 is 24.8 Å². The van der Waals surface area contributed by atoms with Crippen molar-refractivity contribution < 1.29 is 14.2 Å². The first-order valence-electron chi connectivity index (χ1n) is 10.3. The number of fused-ring (bicyclic) bond motifs is 1. The highest BCUT2D eigenvalue weighted by Gasteiger charge is 2.17. The highest BCUT2D eigenvalue weighted by atomic mass is 16.5. The van der Waals surface area contributed by atoms with Crippen molar-refractivity contribution in [1.29, 1.82) is 0 Å². The molecule has 4 rings (SSSR count). The molecule has 9 nitrogen and oxygen atoms in total. The average Bonchev–Trinajstić information content (AvgIpc) is 3.26. The smallest absolute Gasteiger partial charge is 0.231 e. The fourth-order valence-corrected chi connectivity index (χ4v) is 3.38. The molecule has 0 unspecified atom stereocenters. The van der Waals surface area contributed by atoms with Gasteiger partial charge in [0.05, 0.1) is 21.3 Å². The number of rotatable bonds is 9. The summed E-state index contributed by atoms with van der Waals surface area (Å²) in [5, 5.41) is 6.62. The average molecular weight is 435 g/mol. The van der Waals surface area contributed by atoms with Crippen molar-refractivity contribution >= 4 is 28.6 Å². The number of imidazole rings is 1. The number of aromatic nitrogens is 4. The Kier molecular flexibility index (Phi) is 6.25. The summed E-state index contributed by atoms with van der Waals surface area (Å²) in [5.41, 5.74) is 3.07. The molecule has 0 saturated heterocycles. The van der Waals surface area contributed by atoms with Crippen molar-refractivity contribution in [3.8, 4) is 22.9 Å². The summed E-state index contributed by atoms with van der Waals surface area (Å²) in [6.07, 6.45) is 2.72. The van der Waals surface area contributed by atoms with Crippen LogP contribution in [0.3, 0.4) is 0 Å². The Morgan fingerprint density at radius 3 is 2.28 bits per heavy atom. The fraction of sp³-hybridized carbons (Fsp3) is 0.261. The van der Waals surface area contributed by atoms with E-state index >= 15 is 0 Å². The van der Waals surface area contributed by atoms with Gasteiger partial charge in [-0.2, -0.15) is 9.97 Å². The number of ether oxygens (including phenoxy) is 3. The van der Waals surface area contributed by atoms with Gasteiger partial charge in [-0.25, -0.2) is 4.98 Å². The lowest BCUT2D eigenvalue weighted by Gasteiger charge is -2.15. The standard InChI is InChI=1S/C23H26N6O3/c1-5-11-24-21-19-22(29(14-25-19)16-9-7-6-8-10-16)28-23(27-21)26-15-12-17(30-2)20(32-4)18(13-15)31-3/h6-10,12-14H,5,11H2,1-4H3,(H2,24,26,27,28). The molecule has 2 N–H and O–H groups in total. The second kappa shape index (κ2) is 9.42. The van der Waals surface area contributed by atoms with Crippen LogP contribution in [-0.4, -0.2) is 47.4 Å². The van der Waals surface area contributed by atoms with Gasteiger partial charge in [0.25, 0.3) is 0 Å². The van der Waals surface area contributed by atoms with Crippen LogP contribution in [-0.2, 0) is 0 Å². The van der Waals surface area contributed by atoms with Crippen LogP contribution in [0.1, 0.15) is 13.3 Å². The Hall–Kier alpha value is -4.01. The van der Waals surface area contributed by atoms with Crippen LogP contribution in [0.15, 0.2) is 48.8 Å².